The predicted octanol–water partition coefficient (Wildman–Crippen LogP) is 6.26. The minimum Gasteiger partial charge on any atom is -0.264 e. The van der Waals surface area contributed by atoms with Crippen LogP contribution in [0.1, 0.15) is 5.56 Å². The van der Waals surface area contributed by atoms with Gasteiger partial charge in [0, 0.05) is 24.5 Å². The van der Waals surface area contributed by atoms with Gasteiger partial charge in [-0.3, -0.25) is 4.98 Å². The SMILES string of the molecule is O=S(=O)(NCc1cncc(-c2ccsc2)c1)c1ccc(-c2ccc(Cl)c(Cl)c2)cc1. The Morgan fingerprint density at radius 1 is 0.833 bits per heavy atom. The molecule has 0 atom stereocenters. The number of pyridine rings is 1. The van der Waals surface area contributed by atoms with E-state index in [2.05, 4.69) is 9.71 Å². The summed E-state index contributed by atoms with van der Waals surface area (Å²) in [6, 6.07) is 15.9. The van der Waals surface area contributed by atoms with Gasteiger partial charge in [0.05, 0.1) is 14.9 Å². The van der Waals surface area contributed by atoms with E-state index < -0.39 is 10.0 Å². The zero-order chi connectivity index (χ0) is 21.1. The molecule has 0 saturated carbocycles. The lowest BCUT2D eigenvalue weighted by Crippen LogP contribution is -2.23. The number of benzene rings is 2. The van der Waals surface area contributed by atoms with Gasteiger partial charge in [0.2, 0.25) is 10.0 Å². The van der Waals surface area contributed by atoms with Crippen molar-refractivity contribution in [3.05, 3.63) is 93.4 Å². The second-order valence-electron chi connectivity index (χ2n) is 6.57. The van der Waals surface area contributed by atoms with Crippen molar-refractivity contribution in [1.82, 2.24) is 9.71 Å². The van der Waals surface area contributed by atoms with Gasteiger partial charge in [-0.2, -0.15) is 11.3 Å². The highest BCUT2D eigenvalue weighted by Crippen LogP contribution is 2.29. The lowest BCUT2D eigenvalue weighted by molar-refractivity contribution is 0.581. The summed E-state index contributed by atoms with van der Waals surface area (Å²) in [6.45, 7) is 0.155. The fraction of sp³-hybridized carbons (Fsp3) is 0.0455. The van der Waals surface area contributed by atoms with Crippen molar-refractivity contribution in [2.24, 2.45) is 0 Å². The first kappa shape index (κ1) is 21.0. The first-order chi connectivity index (χ1) is 14.4. The molecule has 0 saturated heterocycles. The van der Waals surface area contributed by atoms with E-state index >= 15 is 0 Å². The van der Waals surface area contributed by atoms with Crippen molar-refractivity contribution >= 4 is 44.6 Å². The summed E-state index contributed by atoms with van der Waals surface area (Å²) in [7, 11) is -3.66. The van der Waals surface area contributed by atoms with Crippen LogP contribution in [0, 0.1) is 0 Å². The standard InChI is InChI=1S/C22H16Cl2N2O2S2/c23-21-6-3-17(10-22(21)24)16-1-4-20(5-2-16)30(27,28)26-12-15-9-19(13-25-11-15)18-7-8-29-14-18/h1-11,13-14,26H,12H2. The third kappa shape index (κ3) is 4.74. The first-order valence-electron chi connectivity index (χ1n) is 8.94. The van der Waals surface area contributed by atoms with Gasteiger partial charge < -0.3 is 0 Å². The molecule has 4 nitrogen and oxygen atoms in total. The maximum Gasteiger partial charge on any atom is 0.240 e. The molecule has 0 unspecified atom stereocenters. The molecule has 4 rings (SSSR count). The van der Waals surface area contributed by atoms with Crippen LogP contribution in [0.25, 0.3) is 22.3 Å². The molecule has 2 aromatic carbocycles. The second kappa shape index (κ2) is 8.88. The van der Waals surface area contributed by atoms with Crippen LogP contribution in [-0.2, 0) is 16.6 Å². The van der Waals surface area contributed by atoms with Gasteiger partial charge in [0.1, 0.15) is 0 Å². The number of thiophene rings is 1. The van der Waals surface area contributed by atoms with Gasteiger partial charge in [-0.1, -0.05) is 41.4 Å². The molecule has 4 aromatic rings. The predicted molar refractivity (Wildman–Crippen MR) is 123 cm³/mol. The van der Waals surface area contributed by atoms with Crippen molar-refractivity contribution in [2.45, 2.75) is 11.4 Å². The van der Waals surface area contributed by atoms with Crippen LogP contribution < -0.4 is 4.72 Å². The molecule has 0 aliphatic carbocycles. The summed E-state index contributed by atoms with van der Waals surface area (Å²) in [5.41, 5.74) is 4.52. The zero-order valence-corrected chi connectivity index (χ0v) is 18.7. The van der Waals surface area contributed by atoms with E-state index in [9.17, 15) is 8.42 Å². The molecule has 8 heteroatoms. The van der Waals surface area contributed by atoms with Crippen LogP contribution in [0.5, 0.6) is 0 Å². The molecule has 0 amide bonds. The third-order valence-corrected chi connectivity index (χ3v) is 7.37. The van der Waals surface area contributed by atoms with Crippen molar-refractivity contribution in [3.63, 3.8) is 0 Å². The molecule has 0 aliphatic rings. The fourth-order valence-electron chi connectivity index (χ4n) is 2.93. The summed E-state index contributed by atoms with van der Waals surface area (Å²) in [5.74, 6) is 0. The van der Waals surface area contributed by atoms with Gasteiger partial charge in [-0.15, -0.1) is 0 Å². The summed E-state index contributed by atoms with van der Waals surface area (Å²) in [5, 5.41) is 4.94. The van der Waals surface area contributed by atoms with Crippen molar-refractivity contribution in [1.29, 1.82) is 0 Å². The molecule has 2 heterocycles. The Morgan fingerprint density at radius 2 is 1.60 bits per heavy atom. The highest BCUT2D eigenvalue weighted by Gasteiger charge is 2.14. The van der Waals surface area contributed by atoms with Crippen molar-refractivity contribution in [3.8, 4) is 22.3 Å². The lowest BCUT2D eigenvalue weighted by atomic mass is 10.1. The number of hydrogen-bond donors (Lipinski definition) is 1. The van der Waals surface area contributed by atoms with E-state index in [4.69, 9.17) is 23.2 Å². The fourth-order valence-corrected chi connectivity index (χ4v) is 4.92. The van der Waals surface area contributed by atoms with Crippen LogP contribution in [0.15, 0.2) is 82.6 Å². The average Bonchev–Trinajstić information content (AvgIpc) is 3.30. The topological polar surface area (TPSA) is 59.1 Å². The third-order valence-electron chi connectivity index (χ3n) is 4.53. The molecular weight excluding hydrogens is 459 g/mol. The molecule has 2 aromatic heterocycles. The summed E-state index contributed by atoms with van der Waals surface area (Å²) in [4.78, 5) is 4.41. The number of sulfonamides is 1. The smallest absolute Gasteiger partial charge is 0.240 e. The molecule has 0 aliphatic heterocycles. The summed E-state index contributed by atoms with van der Waals surface area (Å²) >= 11 is 13.6. The van der Waals surface area contributed by atoms with Crippen LogP contribution in [0.4, 0.5) is 0 Å². The molecule has 152 valence electrons. The van der Waals surface area contributed by atoms with E-state index in [0.717, 1.165) is 27.8 Å². The van der Waals surface area contributed by atoms with Crippen LogP contribution in [0.2, 0.25) is 10.0 Å². The number of aromatic nitrogens is 1. The minimum atomic E-state index is -3.66. The zero-order valence-electron chi connectivity index (χ0n) is 15.5. The highest BCUT2D eigenvalue weighted by atomic mass is 35.5. The summed E-state index contributed by atoms with van der Waals surface area (Å²) in [6.07, 6.45) is 3.42. The Kier molecular flexibility index (Phi) is 6.22. The van der Waals surface area contributed by atoms with Gasteiger partial charge in [-0.25, -0.2) is 13.1 Å². The lowest BCUT2D eigenvalue weighted by Gasteiger charge is -2.09. The molecule has 1 N–H and O–H groups in total. The number of nitrogens with zero attached hydrogens (tertiary/aromatic N) is 1. The Hall–Kier alpha value is -2.22. The normalized spacial score (nSPS) is 11.5. The monoisotopic (exact) mass is 474 g/mol. The molecular formula is C22H16Cl2N2O2S2. The molecule has 30 heavy (non-hydrogen) atoms. The van der Waals surface area contributed by atoms with E-state index in [1.165, 1.54) is 0 Å². The van der Waals surface area contributed by atoms with E-state index in [-0.39, 0.29) is 11.4 Å². The highest BCUT2D eigenvalue weighted by molar-refractivity contribution is 7.89. The Bertz CT molecular complexity index is 1270. The second-order valence-corrected chi connectivity index (χ2v) is 9.93. The molecule has 0 fully saturated rings. The number of halogens is 2. The Labute approximate surface area is 189 Å². The Morgan fingerprint density at radius 3 is 2.30 bits per heavy atom. The Balaban J connectivity index is 1.49. The van der Waals surface area contributed by atoms with Crippen molar-refractivity contribution in [2.75, 3.05) is 0 Å². The molecule has 0 spiro atoms. The maximum atomic E-state index is 12.7. The van der Waals surface area contributed by atoms with Gasteiger partial charge in [-0.05, 0) is 69.4 Å². The van der Waals surface area contributed by atoms with E-state index in [1.807, 2.05) is 29.0 Å². The maximum absolute atomic E-state index is 12.7. The number of nitrogens with one attached hydrogen (secondary N) is 1. The van der Waals surface area contributed by atoms with Gasteiger partial charge in [0.15, 0.2) is 0 Å². The van der Waals surface area contributed by atoms with Gasteiger partial charge >= 0.3 is 0 Å². The number of hydrogen-bond acceptors (Lipinski definition) is 4. The molecule has 0 bridgehead atoms. The molecule has 0 radical (unpaired) electrons. The quantitative estimate of drug-likeness (QED) is 0.358. The van der Waals surface area contributed by atoms with Crippen LogP contribution in [-0.4, -0.2) is 13.4 Å². The average molecular weight is 475 g/mol. The van der Waals surface area contributed by atoms with Crippen molar-refractivity contribution < 1.29 is 8.42 Å². The first-order valence-corrected chi connectivity index (χ1v) is 12.1. The largest absolute Gasteiger partial charge is 0.264 e. The minimum absolute atomic E-state index is 0.155. The van der Waals surface area contributed by atoms with Crippen LogP contribution in [0.3, 0.4) is 0 Å². The van der Waals surface area contributed by atoms with Gasteiger partial charge in [0.25, 0.3) is 0 Å². The summed E-state index contributed by atoms with van der Waals surface area (Å²) < 4.78 is 28.0. The van der Waals surface area contributed by atoms with E-state index in [0.29, 0.717) is 10.0 Å². The number of rotatable bonds is 6. The van der Waals surface area contributed by atoms with E-state index in [1.54, 1.807) is 60.1 Å². The van der Waals surface area contributed by atoms with Crippen LogP contribution >= 0.6 is 34.5 Å².